The molecule has 0 bridgehead atoms. The van der Waals surface area contributed by atoms with Crippen LogP contribution in [0, 0.1) is 5.92 Å². The molecule has 2 saturated carbocycles. The quantitative estimate of drug-likeness (QED) is 0.699. The Morgan fingerprint density at radius 1 is 1.50 bits per heavy atom. The molecule has 16 heavy (non-hydrogen) atoms. The van der Waals surface area contributed by atoms with Crippen LogP contribution in [-0.2, 0) is 14.8 Å². The van der Waals surface area contributed by atoms with E-state index in [1.54, 1.807) is 0 Å². The van der Waals surface area contributed by atoms with Crippen molar-refractivity contribution in [3.8, 4) is 0 Å². The second kappa shape index (κ2) is 3.66. The second-order valence-corrected chi connectivity index (χ2v) is 6.56. The molecule has 0 spiro atoms. The van der Waals surface area contributed by atoms with Crippen LogP contribution in [0.25, 0.3) is 0 Å². The molecule has 3 N–H and O–H groups in total. The standard InChI is InChI=1S/C9H15FN2O3S/c10-4-3-6-5-9(6,11)8(13)12-16(14,15)7-1-2-7/h6-7H,1-5,11H2,(H,12,13). The maximum atomic E-state index is 12.1. The van der Waals surface area contributed by atoms with Crippen molar-refractivity contribution in [2.45, 2.75) is 36.5 Å². The van der Waals surface area contributed by atoms with E-state index in [4.69, 9.17) is 5.73 Å². The minimum Gasteiger partial charge on any atom is -0.317 e. The monoisotopic (exact) mass is 250 g/mol. The van der Waals surface area contributed by atoms with Gasteiger partial charge in [0.05, 0.1) is 17.5 Å². The van der Waals surface area contributed by atoms with Crippen molar-refractivity contribution in [1.29, 1.82) is 0 Å². The topological polar surface area (TPSA) is 89.3 Å². The molecule has 0 aromatic heterocycles. The highest BCUT2D eigenvalue weighted by atomic mass is 32.2. The molecule has 0 aromatic carbocycles. The molecule has 0 radical (unpaired) electrons. The summed E-state index contributed by atoms with van der Waals surface area (Å²) in [4.78, 5) is 11.6. The zero-order valence-electron chi connectivity index (χ0n) is 8.78. The van der Waals surface area contributed by atoms with Crippen molar-refractivity contribution in [2.75, 3.05) is 6.67 Å². The summed E-state index contributed by atoms with van der Waals surface area (Å²) in [5.41, 5.74) is 4.53. The fourth-order valence-electron chi connectivity index (χ4n) is 1.80. The first-order valence-corrected chi connectivity index (χ1v) is 6.85. The Kier molecular flexibility index (Phi) is 2.70. The van der Waals surface area contributed by atoms with Crippen LogP contribution in [0.5, 0.6) is 0 Å². The molecule has 7 heteroatoms. The van der Waals surface area contributed by atoms with Crippen molar-refractivity contribution >= 4 is 15.9 Å². The molecule has 1 amide bonds. The third-order valence-electron chi connectivity index (χ3n) is 3.23. The molecule has 0 aromatic rings. The third-order valence-corrected chi connectivity index (χ3v) is 5.05. The van der Waals surface area contributed by atoms with Crippen molar-refractivity contribution in [3.63, 3.8) is 0 Å². The van der Waals surface area contributed by atoms with Gasteiger partial charge < -0.3 is 5.73 Å². The highest BCUT2D eigenvalue weighted by molar-refractivity contribution is 7.90. The summed E-state index contributed by atoms with van der Waals surface area (Å²) in [6.07, 6.45) is 1.76. The number of sulfonamides is 1. The van der Waals surface area contributed by atoms with Gasteiger partial charge in [-0.25, -0.2) is 8.42 Å². The first-order valence-electron chi connectivity index (χ1n) is 5.31. The van der Waals surface area contributed by atoms with Crippen LogP contribution in [0.3, 0.4) is 0 Å². The molecular formula is C9H15FN2O3S. The van der Waals surface area contributed by atoms with Gasteiger partial charge in [0.1, 0.15) is 0 Å². The molecule has 2 unspecified atom stereocenters. The van der Waals surface area contributed by atoms with E-state index in [1.165, 1.54) is 0 Å². The summed E-state index contributed by atoms with van der Waals surface area (Å²) < 4.78 is 37.0. The highest BCUT2D eigenvalue weighted by Gasteiger charge is 2.57. The molecule has 2 rings (SSSR count). The van der Waals surface area contributed by atoms with Crippen LogP contribution in [0.2, 0.25) is 0 Å². The number of carbonyl (C=O) groups is 1. The van der Waals surface area contributed by atoms with Gasteiger partial charge in [-0.15, -0.1) is 0 Å². The number of carbonyl (C=O) groups excluding carboxylic acids is 1. The Morgan fingerprint density at radius 2 is 2.12 bits per heavy atom. The van der Waals surface area contributed by atoms with Gasteiger partial charge >= 0.3 is 0 Å². The molecule has 5 nitrogen and oxygen atoms in total. The molecule has 2 atom stereocenters. The largest absolute Gasteiger partial charge is 0.317 e. The smallest absolute Gasteiger partial charge is 0.253 e. The molecule has 0 saturated heterocycles. The number of hydrogen-bond donors (Lipinski definition) is 2. The van der Waals surface area contributed by atoms with Gasteiger partial charge in [-0.2, -0.15) is 0 Å². The van der Waals surface area contributed by atoms with Gasteiger partial charge in [0.25, 0.3) is 5.91 Å². The van der Waals surface area contributed by atoms with Crippen molar-refractivity contribution in [3.05, 3.63) is 0 Å². The predicted molar refractivity (Wildman–Crippen MR) is 55.7 cm³/mol. The van der Waals surface area contributed by atoms with E-state index in [-0.39, 0.29) is 12.3 Å². The van der Waals surface area contributed by atoms with E-state index in [9.17, 15) is 17.6 Å². The van der Waals surface area contributed by atoms with E-state index in [1.807, 2.05) is 4.72 Å². The Bertz CT molecular complexity index is 407. The first kappa shape index (κ1) is 11.8. The van der Waals surface area contributed by atoms with Crippen LogP contribution in [0.4, 0.5) is 4.39 Å². The fraction of sp³-hybridized carbons (Fsp3) is 0.889. The zero-order chi connectivity index (χ0) is 12.0. The first-order chi connectivity index (χ1) is 7.40. The maximum absolute atomic E-state index is 12.1. The maximum Gasteiger partial charge on any atom is 0.253 e. The average molecular weight is 250 g/mol. The lowest BCUT2D eigenvalue weighted by molar-refractivity contribution is -0.121. The zero-order valence-corrected chi connectivity index (χ0v) is 9.60. The summed E-state index contributed by atoms with van der Waals surface area (Å²) in [6.45, 7) is -0.535. The lowest BCUT2D eigenvalue weighted by atomic mass is 10.2. The lowest BCUT2D eigenvalue weighted by Crippen LogP contribution is -2.47. The lowest BCUT2D eigenvalue weighted by Gasteiger charge is -2.11. The Hall–Kier alpha value is -0.690. The van der Waals surface area contributed by atoms with Gasteiger partial charge in [-0.05, 0) is 31.6 Å². The van der Waals surface area contributed by atoms with Crippen LogP contribution < -0.4 is 10.5 Å². The van der Waals surface area contributed by atoms with Crippen LogP contribution in [0.15, 0.2) is 0 Å². The fourth-order valence-corrected chi connectivity index (χ4v) is 3.18. The summed E-state index contributed by atoms with van der Waals surface area (Å²) in [7, 11) is -3.54. The van der Waals surface area contributed by atoms with Gasteiger partial charge in [0, 0.05) is 0 Å². The van der Waals surface area contributed by atoms with E-state index in [0.29, 0.717) is 19.3 Å². The van der Waals surface area contributed by atoms with Crippen molar-refractivity contribution in [2.24, 2.45) is 11.7 Å². The Labute approximate surface area is 93.6 Å². The van der Waals surface area contributed by atoms with Gasteiger partial charge in [-0.3, -0.25) is 13.9 Å². The highest BCUT2D eigenvalue weighted by Crippen LogP contribution is 2.44. The van der Waals surface area contributed by atoms with E-state index in [2.05, 4.69) is 0 Å². The number of rotatable bonds is 5. The minimum absolute atomic E-state index is 0.216. The van der Waals surface area contributed by atoms with Crippen molar-refractivity contribution in [1.82, 2.24) is 4.72 Å². The van der Waals surface area contributed by atoms with E-state index in [0.717, 1.165) is 0 Å². The number of nitrogens with two attached hydrogens (primary N) is 1. The third kappa shape index (κ3) is 2.06. The summed E-state index contributed by atoms with van der Waals surface area (Å²) >= 11 is 0. The Morgan fingerprint density at radius 3 is 2.62 bits per heavy atom. The normalized spacial score (nSPS) is 33.5. The number of alkyl halides is 1. The second-order valence-electron chi connectivity index (χ2n) is 4.59. The summed E-state index contributed by atoms with van der Waals surface area (Å²) in [5.74, 6) is -0.912. The van der Waals surface area contributed by atoms with Crippen LogP contribution in [0.1, 0.15) is 25.7 Å². The van der Waals surface area contributed by atoms with E-state index < -0.39 is 33.4 Å². The molecular weight excluding hydrogens is 235 g/mol. The SMILES string of the molecule is NC1(C(=O)NS(=O)(=O)C2CC2)CC1CCF. The van der Waals surface area contributed by atoms with Gasteiger partial charge in [0.15, 0.2) is 0 Å². The van der Waals surface area contributed by atoms with Crippen LogP contribution in [-0.4, -0.2) is 31.8 Å². The molecule has 2 fully saturated rings. The molecule has 2 aliphatic carbocycles. The van der Waals surface area contributed by atoms with Gasteiger partial charge in [0.2, 0.25) is 10.0 Å². The predicted octanol–water partition coefficient (Wildman–Crippen LogP) is -0.328. The number of nitrogens with one attached hydrogen (secondary N) is 1. The molecule has 92 valence electrons. The summed E-state index contributed by atoms with van der Waals surface area (Å²) in [6, 6.07) is 0. The molecule has 2 aliphatic rings. The van der Waals surface area contributed by atoms with Crippen molar-refractivity contribution < 1.29 is 17.6 Å². The van der Waals surface area contributed by atoms with E-state index >= 15 is 0 Å². The molecule has 0 heterocycles. The Balaban J connectivity index is 1.94. The number of halogens is 1. The van der Waals surface area contributed by atoms with Crippen LogP contribution >= 0.6 is 0 Å². The minimum atomic E-state index is -3.54. The number of amides is 1. The van der Waals surface area contributed by atoms with Gasteiger partial charge in [-0.1, -0.05) is 0 Å². The summed E-state index contributed by atoms with van der Waals surface area (Å²) in [5, 5.41) is -0.446. The molecule has 0 aliphatic heterocycles. The number of hydrogen-bond acceptors (Lipinski definition) is 4. The average Bonchev–Trinajstić information content (AvgIpc) is 3.01.